The van der Waals surface area contributed by atoms with E-state index in [-0.39, 0.29) is 5.82 Å². The molecule has 0 unspecified atom stereocenters. The number of halogens is 4. The number of nitrogens with two attached hydrogens (primary N) is 2. The number of anilines is 1. The van der Waals surface area contributed by atoms with Crippen LogP contribution < -0.4 is 16.4 Å². The summed E-state index contributed by atoms with van der Waals surface area (Å²) in [5.74, 6) is -2.04. The van der Waals surface area contributed by atoms with E-state index in [1.807, 2.05) is 0 Å². The molecule has 1 aromatic heterocycles. The maximum Gasteiger partial charge on any atom is 0.416 e. The van der Waals surface area contributed by atoms with Crippen LogP contribution in [0, 0.1) is 0 Å². The normalized spacial score (nSPS) is 11.2. The summed E-state index contributed by atoms with van der Waals surface area (Å²) >= 11 is 5.50. The van der Waals surface area contributed by atoms with Crippen LogP contribution in [-0.4, -0.2) is 29.9 Å². The number of hydrogen-bond acceptors (Lipinski definition) is 4. The molecule has 0 aromatic carbocycles. The molecular weight excluding hydrogens is 301 g/mol. The van der Waals surface area contributed by atoms with Crippen molar-refractivity contribution < 1.29 is 22.8 Å². The number of aromatic nitrogens is 1. The van der Waals surface area contributed by atoms with Crippen molar-refractivity contribution in [2.75, 3.05) is 18.0 Å². The molecule has 20 heavy (non-hydrogen) atoms. The fourth-order valence-corrected chi connectivity index (χ4v) is 1.61. The Kier molecular flexibility index (Phi) is 4.77. The molecule has 0 radical (unpaired) electrons. The Balaban J connectivity index is 3.21. The SMILES string of the molecule is NC(=O)CN(CC(N)=O)c1cc(C(F)(F)F)cc(Cl)n1. The van der Waals surface area contributed by atoms with Crippen molar-refractivity contribution in [2.45, 2.75) is 6.18 Å². The Labute approximate surface area is 116 Å². The fraction of sp³-hybridized carbons (Fsp3) is 0.300. The lowest BCUT2D eigenvalue weighted by Crippen LogP contribution is -2.40. The smallest absolute Gasteiger partial charge is 0.368 e. The van der Waals surface area contributed by atoms with Crippen molar-refractivity contribution in [1.29, 1.82) is 0 Å². The van der Waals surface area contributed by atoms with E-state index < -0.39 is 41.8 Å². The van der Waals surface area contributed by atoms with E-state index in [0.717, 1.165) is 4.90 Å². The molecular formula is C10H10ClF3N4O2. The second-order valence-electron chi connectivity index (χ2n) is 3.82. The van der Waals surface area contributed by atoms with Gasteiger partial charge in [0.05, 0.1) is 18.7 Å². The van der Waals surface area contributed by atoms with Gasteiger partial charge in [0.15, 0.2) is 0 Å². The Morgan fingerprint density at radius 3 is 2.10 bits per heavy atom. The summed E-state index contributed by atoms with van der Waals surface area (Å²) in [4.78, 5) is 26.3. The lowest BCUT2D eigenvalue weighted by Gasteiger charge is -2.21. The quantitative estimate of drug-likeness (QED) is 0.774. The van der Waals surface area contributed by atoms with Crippen molar-refractivity contribution in [2.24, 2.45) is 11.5 Å². The minimum atomic E-state index is -4.65. The molecule has 6 nitrogen and oxygen atoms in total. The number of carbonyl (C=O) groups excluding carboxylic acids is 2. The van der Waals surface area contributed by atoms with Crippen LogP contribution >= 0.6 is 11.6 Å². The molecule has 1 rings (SSSR count). The standard InChI is InChI=1S/C10H10ClF3N4O2/c11-6-1-5(10(12,13)14)2-9(17-6)18(3-7(15)19)4-8(16)20/h1-2H,3-4H2,(H2,15,19)(H2,16,20). The highest BCUT2D eigenvalue weighted by Crippen LogP contribution is 2.32. The predicted molar refractivity (Wildman–Crippen MR) is 64.9 cm³/mol. The molecule has 0 saturated heterocycles. The summed E-state index contributed by atoms with van der Waals surface area (Å²) in [5.41, 5.74) is 8.84. The second-order valence-corrected chi connectivity index (χ2v) is 4.21. The van der Waals surface area contributed by atoms with E-state index in [9.17, 15) is 22.8 Å². The van der Waals surface area contributed by atoms with Gasteiger partial charge < -0.3 is 16.4 Å². The van der Waals surface area contributed by atoms with Gasteiger partial charge in [-0.2, -0.15) is 13.2 Å². The highest BCUT2D eigenvalue weighted by Gasteiger charge is 2.32. The van der Waals surface area contributed by atoms with Crippen LogP contribution in [0.25, 0.3) is 0 Å². The largest absolute Gasteiger partial charge is 0.416 e. The van der Waals surface area contributed by atoms with Crippen LogP contribution in [0.3, 0.4) is 0 Å². The highest BCUT2D eigenvalue weighted by molar-refractivity contribution is 6.29. The number of nitrogens with zero attached hydrogens (tertiary/aromatic N) is 2. The topological polar surface area (TPSA) is 102 Å². The average Bonchev–Trinajstić information content (AvgIpc) is 2.24. The summed E-state index contributed by atoms with van der Waals surface area (Å²) < 4.78 is 37.9. The van der Waals surface area contributed by atoms with Gasteiger partial charge in [0, 0.05) is 0 Å². The number of rotatable bonds is 5. The van der Waals surface area contributed by atoms with E-state index >= 15 is 0 Å². The maximum absolute atomic E-state index is 12.6. The zero-order chi connectivity index (χ0) is 15.5. The van der Waals surface area contributed by atoms with E-state index in [2.05, 4.69) is 4.98 Å². The number of pyridine rings is 1. The lowest BCUT2D eigenvalue weighted by atomic mass is 10.2. The minimum Gasteiger partial charge on any atom is -0.368 e. The highest BCUT2D eigenvalue weighted by atomic mass is 35.5. The molecule has 0 saturated carbocycles. The van der Waals surface area contributed by atoms with Gasteiger partial charge in [0.1, 0.15) is 11.0 Å². The zero-order valence-electron chi connectivity index (χ0n) is 9.95. The van der Waals surface area contributed by atoms with Crippen molar-refractivity contribution in [3.8, 4) is 0 Å². The first kappa shape index (κ1) is 16.0. The molecule has 10 heteroatoms. The van der Waals surface area contributed by atoms with Crippen LogP contribution in [0.15, 0.2) is 12.1 Å². The van der Waals surface area contributed by atoms with Crippen molar-refractivity contribution in [3.63, 3.8) is 0 Å². The van der Waals surface area contributed by atoms with Crippen molar-refractivity contribution in [1.82, 2.24) is 4.98 Å². The molecule has 0 bridgehead atoms. The van der Waals surface area contributed by atoms with Crippen LogP contribution in [-0.2, 0) is 15.8 Å². The second kappa shape index (κ2) is 5.95. The Bertz CT molecular complexity index is 520. The van der Waals surface area contributed by atoms with Gasteiger partial charge in [-0.3, -0.25) is 9.59 Å². The molecule has 0 atom stereocenters. The van der Waals surface area contributed by atoms with E-state index in [1.54, 1.807) is 0 Å². The number of carbonyl (C=O) groups is 2. The molecule has 0 spiro atoms. The number of alkyl halides is 3. The third-order valence-corrected chi connectivity index (χ3v) is 2.32. The molecule has 0 aliphatic heterocycles. The van der Waals surface area contributed by atoms with Crippen LogP contribution in [0.2, 0.25) is 5.15 Å². The molecule has 0 aliphatic rings. The molecule has 110 valence electrons. The summed E-state index contributed by atoms with van der Waals surface area (Å²) in [7, 11) is 0. The number of primary amides is 2. The molecule has 2 amide bonds. The van der Waals surface area contributed by atoms with Gasteiger partial charge in [0.25, 0.3) is 0 Å². The Morgan fingerprint density at radius 1 is 1.20 bits per heavy atom. The van der Waals surface area contributed by atoms with Crippen LogP contribution in [0.1, 0.15) is 5.56 Å². The molecule has 0 fully saturated rings. The fourth-order valence-electron chi connectivity index (χ4n) is 1.40. The van der Waals surface area contributed by atoms with Gasteiger partial charge in [-0.25, -0.2) is 4.98 Å². The van der Waals surface area contributed by atoms with E-state index in [1.165, 1.54) is 0 Å². The monoisotopic (exact) mass is 310 g/mol. The van der Waals surface area contributed by atoms with Gasteiger partial charge >= 0.3 is 6.18 Å². The zero-order valence-corrected chi connectivity index (χ0v) is 10.7. The Hall–Kier alpha value is -2.03. The first-order chi connectivity index (χ1) is 9.09. The summed E-state index contributed by atoms with van der Waals surface area (Å²) in [5, 5.41) is -0.436. The third-order valence-electron chi connectivity index (χ3n) is 2.13. The molecule has 1 aromatic rings. The van der Waals surface area contributed by atoms with E-state index in [0.29, 0.717) is 12.1 Å². The predicted octanol–water partition coefficient (Wildman–Crippen LogP) is 0.531. The number of hydrogen-bond donors (Lipinski definition) is 2. The lowest BCUT2D eigenvalue weighted by molar-refractivity contribution is -0.137. The van der Waals surface area contributed by atoms with Crippen molar-refractivity contribution >= 4 is 29.2 Å². The van der Waals surface area contributed by atoms with Gasteiger partial charge in [-0.15, -0.1) is 0 Å². The molecule has 0 aliphatic carbocycles. The first-order valence-corrected chi connectivity index (χ1v) is 5.53. The van der Waals surface area contributed by atoms with Gasteiger partial charge in [0.2, 0.25) is 11.8 Å². The van der Waals surface area contributed by atoms with Crippen LogP contribution in [0.5, 0.6) is 0 Å². The average molecular weight is 311 g/mol. The minimum absolute atomic E-state index is 0.317. The molecule has 4 N–H and O–H groups in total. The van der Waals surface area contributed by atoms with Crippen LogP contribution in [0.4, 0.5) is 19.0 Å². The Morgan fingerprint density at radius 2 is 1.70 bits per heavy atom. The third kappa shape index (κ3) is 4.57. The number of amides is 2. The van der Waals surface area contributed by atoms with Gasteiger partial charge in [-0.05, 0) is 12.1 Å². The first-order valence-electron chi connectivity index (χ1n) is 5.16. The maximum atomic E-state index is 12.6. The molecule has 1 heterocycles. The van der Waals surface area contributed by atoms with Crippen molar-refractivity contribution in [3.05, 3.63) is 22.8 Å². The summed E-state index contributed by atoms with van der Waals surface area (Å²) in [6.45, 7) is -1.04. The van der Waals surface area contributed by atoms with Gasteiger partial charge in [-0.1, -0.05) is 11.6 Å². The summed E-state index contributed by atoms with van der Waals surface area (Å²) in [6.07, 6.45) is -4.65. The van der Waals surface area contributed by atoms with E-state index in [4.69, 9.17) is 23.1 Å². The summed E-state index contributed by atoms with van der Waals surface area (Å²) in [6, 6.07) is 1.27.